The smallest absolute Gasteiger partial charge is 0.341 e. The fourth-order valence-electron chi connectivity index (χ4n) is 3.02. The van der Waals surface area contributed by atoms with Gasteiger partial charge in [-0.2, -0.15) is 0 Å². The first kappa shape index (κ1) is 22.0. The van der Waals surface area contributed by atoms with Crippen LogP contribution in [-0.4, -0.2) is 43.5 Å². The second-order valence-corrected chi connectivity index (χ2v) is 9.67. The van der Waals surface area contributed by atoms with Crippen molar-refractivity contribution < 1.29 is 27.5 Å². The molecule has 2 aromatic rings. The van der Waals surface area contributed by atoms with Crippen LogP contribution in [0.15, 0.2) is 30.3 Å². The zero-order valence-corrected chi connectivity index (χ0v) is 18.3. The van der Waals surface area contributed by atoms with E-state index in [1.165, 1.54) is 6.07 Å². The van der Waals surface area contributed by atoms with E-state index in [2.05, 4.69) is 4.72 Å². The summed E-state index contributed by atoms with van der Waals surface area (Å²) in [5.74, 6) is -1.59. The molecule has 160 valence electrons. The first-order chi connectivity index (χ1) is 14.3. The van der Waals surface area contributed by atoms with Crippen LogP contribution >= 0.6 is 11.3 Å². The number of carbonyl (C=O) groups excluding carboxylic acids is 3. The Kier molecular flexibility index (Phi) is 6.57. The van der Waals surface area contributed by atoms with Gasteiger partial charge < -0.3 is 4.74 Å². The number of hydrogen-bond donors (Lipinski definition) is 1. The number of nitrogens with zero attached hydrogens (tertiary/aromatic N) is 1. The molecule has 2 heterocycles. The molecule has 10 heteroatoms. The number of amides is 2. The Bertz CT molecular complexity index is 1060. The predicted molar refractivity (Wildman–Crippen MR) is 113 cm³/mol. The van der Waals surface area contributed by atoms with Crippen molar-refractivity contribution in [1.82, 2.24) is 4.90 Å². The molecule has 8 nitrogen and oxygen atoms in total. The number of nitrogens with one attached hydrogen (secondary N) is 1. The average Bonchev–Trinajstić information content (AvgIpc) is 3.21. The quantitative estimate of drug-likeness (QED) is 0.464. The van der Waals surface area contributed by atoms with Gasteiger partial charge in [0.1, 0.15) is 5.00 Å². The molecule has 0 saturated heterocycles. The fourth-order valence-corrected chi connectivity index (χ4v) is 5.62. The van der Waals surface area contributed by atoms with Crippen molar-refractivity contribution in [2.45, 2.75) is 33.2 Å². The molecule has 1 aromatic carbocycles. The van der Waals surface area contributed by atoms with E-state index in [1.54, 1.807) is 31.2 Å². The van der Waals surface area contributed by atoms with Crippen molar-refractivity contribution in [3.05, 3.63) is 51.9 Å². The SMILES string of the molecule is CCCCS(=O)(=O)Nc1sc(CN2C(=O)c3ccccc3C2=O)cc1C(=O)OCC. The number of carbonyl (C=O) groups is 3. The van der Waals surface area contributed by atoms with Gasteiger partial charge in [-0.25, -0.2) is 13.2 Å². The molecule has 0 unspecified atom stereocenters. The Morgan fingerprint density at radius 1 is 1.13 bits per heavy atom. The second-order valence-electron chi connectivity index (χ2n) is 6.69. The number of unbranched alkanes of at least 4 members (excludes halogenated alkanes) is 1. The van der Waals surface area contributed by atoms with E-state index >= 15 is 0 Å². The lowest BCUT2D eigenvalue weighted by Crippen LogP contribution is -2.28. The zero-order valence-electron chi connectivity index (χ0n) is 16.6. The molecule has 1 N–H and O–H groups in total. The van der Waals surface area contributed by atoms with Crippen molar-refractivity contribution in [3.63, 3.8) is 0 Å². The molecule has 0 radical (unpaired) electrons. The summed E-state index contributed by atoms with van der Waals surface area (Å²) in [5.41, 5.74) is 0.712. The van der Waals surface area contributed by atoms with Crippen LogP contribution in [0.3, 0.4) is 0 Å². The second kappa shape index (κ2) is 8.97. The Labute approximate surface area is 178 Å². The summed E-state index contributed by atoms with van der Waals surface area (Å²) < 4.78 is 32.1. The van der Waals surface area contributed by atoms with Crippen LogP contribution in [0, 0.1) is 0 Å². The van der Waals surface area contributed by atoms with Crippen molar-refractivity contribution in [2.24, 2.45) is 0 Å². The summed E-state index contributed by atoms with van der Waals surface area (Å²) in [7, 11) is -3.64. The van der Waals surface area contributed by atoms with Crippen LogP contribution in [0.1, 0.15) is 62.6 Å². The van der Waals surface area contributed by atoms with Gasteiger partial charge in [0.2, 0.25) is 10.0 Å². The van der Waals surface area contributed by atoms with Gasteiger partial charge in [-0.15, -0.1) is 11.3 Å². The molecular formula is C20H22N2O6S2. The maximum Gasteiger partial charge on any atom is 0.341 e. The minimum Gasteiger partial charge on any atom is -0.462 e. The molecule has 2 amide bonds. The third kappa shape index (κ3) is 4.54. The molecule has 0 fully saturated rings. The molecule has 0 atom stereocenters. The van der Waals surface area contributed by atoms with Crippen LogP contribution in [0.5, 0.6) is 0 Å². The highest BCUT2D eigenvalue weighted by Crippen LogP contribution is 2.33. The van der Waals surface area contributed by atoms with E-state index < -0.39 is 27.8 Å². The molecule has 30 heavy (non-hydrogen) atoms. The monoisotopic (exact) mass is 450 g/mol. The van der Waals surface area contributed by atoms with Crippen LogP contribution < -0.4 is 4.72 Å². The van der Waals surface area contributed by atoms with Gasteiger partial charge in [0.05, 0.1) is 35.6 Å². The molecule has 1 aromatic heterocycles. The van der Waals surface area contributed by atoms with Crippen molar-refractivity contribution in [2.75, 3.05) is 17.1 Å². The molecule has 0 aliphatic carbocycles. The number of imide groups is 1. The minimum absolute atomic E-state index is 0.0635. The summed E-state index contributed by atoms with van der Waals surface area (Å²) in [6.07, 6.45) is 1.19. The van der Waals surface area contributed by atoms with E-state index in [1.807, 2.05) is 6.92 Å². The number of anilines is 1. The van der Waals surface area contributed by atoms with Crippen molar-refractivity contribution in [3.8, 4) is 0 Å². The topological polar surface area (TPSA) is 110 Å². The third-order valence-corrected chi connectivity index (χ3v) is 6.99. The molecule has 1 aliphatic rings. The average molecular weight is 451 g/mol. The summed E-state index contributed by atoms with van der Waals surface area (Å²) in [4.78, 5) is 39.1. The summed E-state index contributed by atoms with van der Waals surface area (Å²) in [6.45, 7) is 3.59. The Hall–Kier alpha value is -2.72. The third-order valence-electron chi connectivity index (χ3n) is 4.49. The van der Waals surface area contributed by atoms with Crippen LogP contribution in [-0.2, 0) is 21.3 Å². The van der Waals surface area contributed by atoms with Gasteiger partial charge >= 0.3 is 5.97 Å². The van der Waals surface area contributed by atoms with Gasteiger partial charge in [-0.1, -0.05) is 25.5 Å². The Morgan fingerprint density at radius 2 is 1.77 bits per heavy atom. The number of esters is 1. The Balaban J connectivity index is 1.88. The number of hydrogen-bond acceptors (Lipinski definition) is 7. The molecule has 0 saturated carbocycles. The Morgan fingerprint density at radius 3 is 2.33 bits per heavy atom. The van der Waals surface area contributed by atoms with E-state index in [-0.39, 0.29) is 29.5 Å². The van der Waals surface area contributed by atoms with Crippen LogP contribution in [0.25, 0.3) is 0 Å². The normalized spacial score (nSPS) is 13.5. The van der Waals surface area contributed by atoms with Crippen molar-refractivity contribution in [1.29, 1.82) is 0 Å². The zero-order chi connectivity index (χ0) is 21.9. The number of thiophene rings is 1. The van der Waals surface area contributed by atoms with Gasteiger partial charge in [0, 0.05) is 4.88 Å². The van der Waals surface area contributed by atoms with E-state index in [4.69, 9.17) is 4.74 Å². The molecule has 3 rings (SSSR count). The number of benzene rings is 1. The molecular weight excluding hydrogens is 428 g/mol. The van der Waals surface area contributed by atoms with Gasteiger partial charge in [-0.3, -0.25) is 19.2 Å². The van der Waals surface area contributed by atoms with Crippen molar-refractivity contribution >= 4 is 44.1 Å². The largest absolute Gasteiger partial charge is 0.462 e. The lowest BCUT2D eigenvalue weighted by Gasteiger charge is -2.12. The maximum atomic E-state index is 12.6. The van der Waals surface area contributed by atoms with Gasteiger partial charge in [-0.05, 0) is 31.5 Å². The molecule has 0 bridgehead atoms. The van der Waals surface area contributed by atoms with E-state index in [0.717, 1.165) is 16.2 Å². The first-order valence-corrected chi connectivity index (χ1v) is 12.0. The number of sulfonamides is 1. The summed E-state index contributed by atoms with van der Waals surface area (Å²) >= 11 is 1.01. The minimum atomic E-state index is -3.64. The fraction of sp³-hybridized carbons (Fsp3) is 0.350. The van der Waals surface area contributed by atoms with E-state index in [9.17, 15) is 22.8 Å². The highest BCUT2D eigenvalue weighted by atomic mass is 32.2. The van der Waals surface area contributed by atoms with Gasteiger partial charge in [0.15, 0.2) is 0 Å². The standard InChI is InChI=1S/C20H22N2O6S2/c1-3-5-10-30(26,27)21-17-16(20(25)28-4-2)11-13(29-17)12-22-18(23)14-8-6-7-9-15(14)19(22)24/h6-9,11,21H,3-5,10,12H2,1-2H3. The number of rotatable bonds is 9. The van der Waals surface area contributed by atoms with Gasteiger partial charge in [0.25, 0.3) is 11.8 Å². The van der Waals surface area contributed by atoms with Crippen LogP contribution in [0.4, 0.5) is 5.00 Å². The summed E-state index contributed by atoms with van der Waals surface area (Å²) in [6, 6.07) is 7.99. The number of fused-ring (bicyclic) bond motifs is 1. The first-order valence-electron chi connectivity index (χ1n) is 9.53. The molecule has 1 aliphatic heterocycles. The highest BCUT2D eigenvalue weighted by molar-refractivity contribution is 7.92. The lowest BCUT2D eigenvalue weighted by atomic mass is 10.1. The highest BCUT2D eigenvalue weighted by Gasteiger charge is 2.35. The van der Waals surface area contributed by atoms with Crippen LogP contribution in [0.2, 0.25) is 0 Å². The predicted octanol–water partition coefficient (Wildman–Crippen LogP) is 3.26. The maximum absolute atomic E-state index is 12.6. The summed E-state index contributed by atoms with van der Waals surface area (Å²) in [5, 5.41) is 0.121. The van der Waals surface area contributed by atoms with E-state index in [0.29, 0.717) is 28.8 Å². The number of ether oxygens (including phenoxy) is 1. The molecule has 0 spiro atoms. The lowest BCUT2D eigenvalue weighted by molar-refractivity contribution is 0.0527.